The van der Waals surface area contributed by atoms with Gasteiger partial charge in [0, 0.05) is 23.7 Å². The van der Waals surface area contributed by atoms with E-state index in [4.69, 9.17) is 18.9 Å². The number of benzene rings is 2. The molecule has 0 aromatic heterocycles. The summed E-state index contributed by atoms with van der Waals surface area (Å²) in [6, 6.07) is 9.51. The Morgan fingerprint density at radius 1 is 0.933 bits per heavy atom. The number of anilines is 1. The van der Waals surface area contributed by atoms with Crippen LogP contribution < -0.4 is 29.2 Å². The van der Waals surface area contributed by atoms with Gasteiger partial charge in [0.1, 0.15) is 6.54 Å². The smallest absolute Gasteiger partial charge is 0.279 e. The number of amides is 1. The fourth-order valence-corrected chi connectivity index (χ4v) is 3.74. The molecule has 7 nitrogen and oxygen atoms in total. The average molecular weight is 416 g/mol. The summed E-state index contributed by atoms with van der Waals surface area (Å²) in [4.78, 5) is 13.8. The van der Waals surface area contributed by atoms with E-state index in [0.29, 0.717) is 36.9 Å². The minimum absolute atomic E-state index is 0.0309. The van der Waals surface area contributed by atoms with Gasteiger partial charge < -0.3 is 29.2 Å². The second-order valence-corrected chi connectivity index (χ2v) is 7.16. The van der Waals surface area contributed by atoms with E-state index < -0.39 is 0 Å². The molecule has 1 amide bonds. The fourth-order valence-electron chi connectivity index (χ4n) is 3.74. The van der Waals surface area contributed by atoms with Crippen LogP contribution in [-0.4, -0.2) is 46.4 Å². The zero-order valence-corrected chi connectivity index (χ0v) is 18.2. The molecule has 1 aliphatic rings. The molecule has 0 saturated carbocycles. The van der Waals surface area contributed by atoms with Crippen molar-refractivity contribution in [2.45, 2.75) is 26.8 Å². The number of methoxy groups -OCH3 is 2. The van der Waals surface area contributed by atoms with E-state index in [1.165, 1.54) is 16.0 Å². The van der Waals surface area contributed by atoms with Gasteiger partial charge in [-0.2, -0.15) is 0 Å². The van der Waals surface area contributed by atoms with Crippen LogP contribution in [0, 0.1) is 0 Å². The summed E-state index contributed by atoms with van der Waals surface area (Å²) in [7, 11) is 3.16. The lowest BCUT2D eigenvalue weighted by Gasteiger charge is -2.26. The van der Waals surface area contributed by atoms with Gasteiger partial charge in [0.05, 0.1) is 34.0 Å². The van der Waals surface area contributed by atoms with Crippen molar-refractivity contribution in [3.8, 4) is 23.0 Å². The highest BCUT2D eigenvalue weighted by molar-refractivity contribution is 5.91. The van der Waals surface area contributed by atoms with Gasteiger partial charge in [0.15, 0.2) is 29.5 Å². The van der Waals surface area contributed by atoms with Crippen molar-refractivity contribution in [1.82, 2.24) is 0 Å². The predicted molar refractivity (Wildman–Crippen MR) is 115 cm³/mol. The van der Waals surface area contributed by atoms with Crippen molar-refractivity contribution in [2.24, 2.45) is 0 Å². The third-order valence-corrected chi connectivity index (χ3v) is 5.13. The van der Waals surface area contributed by atoms with Gasteiger partial charge in [0.2, 0.25) is 0 Å². The summed E-state index contributed by atoms with van der Waals surface area (Å²) >= 11 is 0. The van der Waals surface area contributed by atoms with Gasteiger partial charge >= 0.3 is 0 Å². The average Bonchev–Trinajstić information content (AvgIpc) is 2.74. The Morgan fingerprint density at radius 2 is 1.60 bits per heavy atom. The molecule has 0 bridgehead atoms. The highest BCUT2D eigenvalue weighted by atomic mass is 16.5. The molecule has 1 unspecified atom stereocenters. The summed E-state index contributed by atoms with van der Waals surface area (Å²) in [5.74, 6) is 2.76. The van der Waals surface area contributed by atoms with Gasteiger partial charge in [-0.1, -0.05) is 0 Å². The maximum Gasteiger partial charge on any atom is 0.279 e. The Balaban J connectivity index is 1.65. The first kappa shape index (κ1) is 21.8. The standard InChI is InChI=1S/C23H30N2O5/c1-5-29-21-11-16-9-10-25(14-17(16)12-22(21)30-6-2)15-23(26)24-18-7-8-19(27-3)20(13-18)28-4/h7-8,11-13H,5-6,9-10,14-15H2,1-4H3,(H,24,26)/p+1. The first-order valence-electron chi connectivity index (χ1n) is 10.3. The van der Waals surface area contributed by atoms with Crippen LogP contribution in [0.5, 0.6) is 23.0 Å². The van der Waals surface area contributed by atoms with Crippen LogP contribution in [0.2, 0.25) is 0 Å². The molecular formula is C23H31N2O5+. The first-order chi connectivity index (χ1) is 14.6. The van der Waals surface area contributed by atoms with E-state index in [1.54, 1.807) is 26.4 Å². The highest BCUT2D eigenvalue weighted by Gasteiger charge is 2.24. The number of quaternary nitrogens is 1. The third kappa shape index (κ3) is 5.16. The number of carbonyl (C=O) groups excluding carboxylic acids is 1. The summed E-state index contributed by atoms with van der Waals surface area (Å²) in [5, 5.41) is 2.96. The molecule has 1 aliphatic heterocycles. The minimum Gasteiger partial charge on any atom is -0.493 e. The molecule has 30 heavy (non-hydrogen) atoms. The molecule has 0 saturated heterocycles. The number of hydrogen-bond donors (Lipinski definition) is 2. The molecule has 7 heteroatoms. The molecule has 0 radical (unpaired) electrons. The molecular weight excluding hydrogens is 384 g/mol. The van der Waals surface area contributed by atoms with E-state index in [-0.39, 0.29) is 5.91 Å². The monoisotopic (exact) mass is 415 g/mol. The fraction of sp³-hybridized carbons (Fsp3) is 0.435. The number of fused-ring (bicyclic) bond motifs is 1. The third-order valence-electron chi connectivity index (χ3n) is 5.13. The number of ether oxygens (including phenoxy) is 4. The number of carbonyl (C=O) groups is 1. The summed E-state index contributed by atoms with van der Waals surface area (Å²) in [6.07, 6.45) is 0.904. The summed E-state index contributed by atoms with van der Waals surface area (Å²) in [6.45, 7) is 7.19. The second-order valence-electron chi connectivity index (χ2n) is 7.16. The van der Waals surface area contributed by atoms with Crippen molar-refractivity contribution in [2.75, 3.05) is 45.8 Å². The van der Waals surface area contributed by atoms with Crippen molar-refractivity contribution in [1.29, 1.82) is 0 Å². The Kier molecular flexibility index (Phi) is 7.41. The zero-order chi connectivity index (χ0) is 21.5. The van der Waals surface area contributed by atoms with Crippen molar-refractivity contribution in [3.05, 3.63) is 41.5 Å². The molecule has 0 spiro atoms. The van der Waals surface area contributed by atoms with E-state index in [1.807, 2.05) is 19.9 Å². The predicted octanol–water partition coefficient (Wildman–Crippen LogP) is 2.08. The normalized spacial score (nSPS) is 15.1. The lowest BCUT2D eigenvalue weighted by atomic mass is 9.98. The number of rotatable bonds is 9. The molecule has 162 valence electrons. The zero-order valence-electron chi connectivity index (χ0n) is 18.2. The van der Waals surface area contributed by atoms with Crippen molar-refractivity contribution < 1.29 is 28.6 Å². The number of hydrogen-bond acceptors (Lipinski definition) is 5. The maximum absolute atomic E-state index is 12.6. The maximum atomic E-state index is 12.6. The van der Waals surface area contributed by atoms with E-state index in [0.717, 1.165) is 31.0 Å². The number of nitrogens with one attached hydrogen (secondary N) is 2. The Morgan fingerprint density at radius 3 is 2.23 bits per heavy atom. The molecule has 2 N–H and O–H groups in total. The summed E-state index contributed by atoms with van der Waals surface area (Å²) < 4.78 is 22.0. The lowest BCUT2D eigenvalue weighted by Crippen LogP contribution is -3.12. The first-order valence-corrected chi connectivity index (χ1v) is 10.3. The largest absolute Gasteiger partial charge is 0.493 e. The van der Waals surface area contributed by atoms with Crippen LogP contribution >= 0.6 is 0 Å². The summed E-state index contributed by atoms with van der Waals surface area (Å²) in [5.41, 5.74) is 3.17. The van der Waals surface area contributed by atoms with Crippen LogP contribution in [-0.2, 0) is 17.8 Å². The SMILES string of the molecule is CCOc1cc2c(cc1OCC)C[NH+](CC(=O)Nc1ccc(OC)c(OC)c1)CC2. The van der Waals surface area contributed by atoms with Crippen molar-refractivity contribution >= 4 is 11.6 Å². The van der Waals surface area contributed by atoms with E-state index in [2.05, 4.69) is 17.4 Å². The van der Waals surface area contributed by atoms with Gasteiger partial charge in [-0.05, 0) is 43.7 Å². The van der Waals surface area contributed by atoms with Crippen molar-refractivity contribution in [3.63, 3.8) is 0 Å². The van der Waals surface area contributed by atoms with Crippen LogP contribution in [0.15, 0.2) is 30.3 Å². The van der Waals surface area contributed by atoms with E-state index >= 15 is 0 Å². The quantitative estimate of drug-likeness (QED) is 0.656. The minimum atomic E-state index is -0.0309. The molecule has 2 aromatic rings. The van der Waals surface area contributed by atoms with Crippen LogP contribution in [0.25, 0.3) is 0 Å². The van der Waals surface area contributed by atoms with Crippen LogP contribution in [0.4, 0.5) is 5.69 Å². The molecule has 1 atom stereocenters. The molecule has 1 heterocycles. The topological polar surface area (TPSA) is 70.5 Å². The highest BCUT2D eigenvalue weighted by Crippen LogP contribution is 2.32. The Bertz CT molecular complexity index is 884. The van der Waals surface area contributed by atoms with Gasteiger partial charge in [-0.15, -0.1) is 0 Å². The van der Waals surface area contributed by atoms with Crippen LogP contribution in [0.1, 0.15) is 25.0 Å². The molecule has 2 aromatic carbocycles. The van der Waals surface area contributed by atoms with Gasteiger partial charge in [-0.3, -0.25) is 4.79 Å². The Hall–Kier alpha value is -2.93. The molecule has 3 rings (SSSR count). The Labute approximate surface area is 177 Å². The molecule has 0 fully saturated rings. The second kappa shape index (κ2) is 10.2. The molecule has 0 aliphatic carbocycles. The van der Waals surface area contributed by atoms with Gasteiger partial charge in [-0.25, -0.2) is 0 Å². The lowest BCUT2D eigenvalue weighted by molar-refractivity contribution is -0.907. The van der Waals surface area contributed by atoms with Crippen LogP contribution in [0.3, 0.4) is 0 Å². The van der Waals surface area contributed by atoms with Gasteiger partial charge in [0.25, 0.3) is 5.91 Å². The van der Waals surface area contributed by atoms with E-state index in [9.17, 15) is 4.79 Å².